The van der Waals surface area contributed by atoms with E-state index in [0.717, 1.165) is 24.1 Å². The lowest BCUT2D eigenvalue weighted by Crippen LogP contribution is -2.17. The SMILES string of the molecule is C=C(/C=C(\C)c1ccccc1CC(C)(C)CCC)c1cc2c(cn1)C(C)(C)CC2(C)C. The molecule has 0 saturated heterocycles. The number of pyridine rings is 1. The van der Waals surface area contributed by atoms with E-state index in [1.165, 1.54) is 40.7 Å². The summed E-state index contributed by atoms with van der Waals surface area (Å²) < 4.78 is 0. The first-order valence-electron chi connectivity index (χ1n) is 11.8. The van der Waals surface area contributed by atoms with E-state index in [1.54, 1.807) is 0 Å². The van der Waals surface area contributed by atoms with Crippen molar-refractivity contribution in [1.82, 2.24) is 4.98 Å². The van der Waals surface area contributed by atoms with Crippen LogP contribution in [0.1, 0.15) is 103 Å². The lowest BCUT2D eigenvalue weighted by Gasteiger charge is -2.25. The molecule has 0 saturated carbocycles. The lowest BCUT2D eigenvalue weighted by atomic mass is 9.80. The Kier molecular flexibility index (Phi) is 6.38. The van der Waals surface area contributed by atoms with Gasteiger partial charge in [-0.3, -0.25) is 4.98 Å². The number of benzene rings is 1. The molecule has 0 N–H and O–H groups in total. The quantitative estimate of drug-likeness (QED) is 0.413. The summed E-state index contributed by atoms with van der Waals surface area (Å²) in [6, 6.07) is 11.1. The molecule has 0 radical (unpaired) electrons. The fourth-order valence-electron chi connectivity index (χ4n) is 5.78. The molecule has 1 aromatic carbocycles. The zero-order valence-corrected chi connectivity index (χ0v) is 21.0. The standard InChI is InChI=1S/C30H41N/c1-10-15-28(4,5)18-23-13-11-12-14-24(23)21(2)16-22(3)27-17-25-26(19-31-27)30(8,9)20-29(25,6)7/h11-14,16-17,19H,3,10,15,18,20H2,1-2,4-9H3/b21-16+. The van der Waals surface area contributed by atoms with Gasteiger partial charge in [0, 0.05) is 6.20 Å². The van der Waals surface area contributed by atoms with Crippen molar-refractivity contribution in [3.63, 3.8) is 0 Å². The average molecular weight is 416 g/mol. The minimum atomic E-state index is 0.174. The molecule has 1 heterocycles. The van der Waals surface area contributed by atoms with Crippen molar-refractivity contribution in [2.24, 2.45) is 5.41 Å². The maximum Gasteiger partial charge on any atom is 0.0699 e. The van der Waals surface area contributed by atoms with Gasteiger partial charge in [0.05, 0.1) is 5.69 Å². The number of fused-ring (bicyclic) bond motifs is 1. The molecule has 31 heavy (non-hydrogen) atoms. The minimum Gasteiger partial charge on any atom is -0.256 e. The summed E-state index contributed by atoms with van der Waals surface area (Å²) in [4.78, 5) is 4.82. The van der Waals surface area contributed by atoms with Gasteiger partial charge in [-0.25, -0.2) is 0 Å². The van der Waals surface area contributed by atoms with Crippen LogP contribution in [0.25, 0.3) is 11.1 Å². The van der Waals surface area contributed by atoms with E-state index in [4.69, 9.17) is 4.98 Å². The molecule has 1 nitrogen and oxygen atoms in total. The summed E-state index contributed by atoms with van der Waals surface area (Å²) in [5.74, 6) is 0. The monoisotopic (exact) mass is 415 g/mol. The highest BCUT2D eigenvalue weighted by molar-refractivity contribution is 5.82. The average Bonchev–Trinajstić information content (AvgIpc) is 2.85. The summed E-state index contributed by atoms with van der Waals surface area (Å²) >= 11 is 0. The van der Waals surface area contributed by atoms with E-state index in [2.05, 4.69) is 105 Å². The molecule has 0 atom stereocenters. The topological polar surface area (TPSA) is 12.9 Å². The van der Waals surface area contributed by atoms with Gasteiger partial charge in [0.15, 0.2) is 0 Å². The smallest absolute Gasteiger partial charge is 0.0699 e. The third-order valence-corrected chi connectivity index (χ3v) is 7.00. The predicted molar refractivity (Wildman–Crippen MR) is 136 cm³/mol. The Morgan fingerprint density at radius 1 is 1.10 bits per heavy atom. The van der Waals surface area contributed by atoms with Crippen LogP contribution in [0.3, 0.4) is 0 Å². The van der Waals surface area contributed by atoms with Gasteiger partial charge >= 0.3 is 0 Å². The van der Waals surface area contributed by atoms with Crippen molar-refractivity contribution in [3.8, 4) is 0 Å². The third kappa shape index (κ3) is 5.03. The number of hydrogen-bond acceptors (Lipinski definition) is 1. The van der Waals surface area contributed by atoms with Gasteiger partial charge < -0.3 is 0 Å². The second kappa shape index (κ2) is 8.41. The third-order valence-electron chi connectivity index (χ3n) is 7.00. The van der Waals surface area contributed by atoms with Crippen LogP contribution in [0.4, 0.5) is 0 Å². The maximum absolute atomic E-state index is 4.82. The number of allylic oxidation sites excluding steroid dienone is 3. The van der Waals surface area contributed by atoms with Crippen LogP contribution in [0.5, 0.6) is 0 Å². The predicted octanol–water partition coefficient (Wildman–Crippen LogP) is 8.53. The second-order valence-corrected chi connectivity index (χ2v) is 11.7. The molecule has 1 aliphatic rings. The van der Waals surface area contributed by atoms with Gasteiger partial charge in [-0.15, -0.1) is 0 Å². The van der Waals surface area contributed by atoms with Gasteiger partial charge in [0.25, 0.3) is 0 Å². The van der Waals surface area contributed by atoms with Crippen LogP contribution < -0.4 is 0 Å². The van der Waals surface area contributed by atoms with Crippen molar-refractivity contribution in [2.45, 2.75) is 91.9 Å². The van der Waals surface area contributed by atoms with E-state index in [-0.39, 0.29) is 10.8 Å². The first kappa shape index (κ1) is 23.5. The summed E-state index contributed by atoms with van der Waals surface area (Å²) in [5.41, 5.74) is 9.47. The largest absolute Gasteiger partial charge is 0.256 e. The van der Waals surface area contributed by atoms with Crippen LogP contribution in [-0.2, 0) is 17.3 Å². The Bertz CT molecular complexity index is 1000. The fourth-order valence-corrected chi connectivity index (χ4v) is 5.78. The lowest BCUT2D eigenvalue weighted by molar-refractivity contribution is 0.329. The van der Waals surface area contributed by atoms with Crippen LogP contribution in [0.15, 0.2) is 49.2 Å². The minimum absolute atomic E-state index is 0.174. The van der Waals surface area contributed by atoms with Crippen molar-refractivity contribution >= 4 is 11.1 Å². The van der Waals surface area contributed by atoms with E-state index in [9.17, 15) is 0 Å². The zero-order chi connectivity index (χ0) is 23.0. The molecule has 0 spiro atoms. The summed E-state index contributed by atoms with van der Waals surface area (Å²) in [6.07, 6.45) is 9.01. The molecule has 1 aliphatic carbocycles. The Morgan fingerprint density at radius 2 is 1.74 bits per heavy atom. The number of rotatable bonds is 7. The Morgan fingerprint density at radius 3 is 2.42 bits per heavy atom. The van der Waals surface area contributed by atoms with E-state index in [1.807, 2.05) is 0 Å². The van der Waals surface area contributed by atoms with E-state index in [0.29, 0.717) is 5.41 Å². The van der Waals surface area contributed by atoms with E-state index >= 15 is 0 Å². The van der Waals surface area contributed by atoms with Crippen LogP contribution in [0, 0.1) is 5.41 Å². The van der Waals surface area contributed by atoms with Gasteiger partial charge in [-0.1, -0.05) is 85.7 Å². The highest BCUT2D eigenvalue weighted by Crippen LogP contribution is 2.49. The fraction of sp³-hybridized carbons (Fsp3) is 0.500. The highest BCUT2D eigenvalue weighted by Gasteiger charge is 2.42. The molecule has 1 aromatic heterocycles. The molecule has 0 unspecified atom stereocenters. The van der Waals surface area contributed by atoms with Crippen molar-refractivity contribution in [1.29, 1.82) is 0 Å². The number of nitrogens with zero attached hydrogens (tertiary/aromatic N) is 1. The first-order chi connectivity index (χ1) is 14.4. The number of aromatic nitrogens is 1. The van der Waals surface area contributed by atoms with Crippen molar-refractivity contribution < 1.29 is 0 Å². The van der Waals surface area contributed by atoms with Gasteiger partial charge in [-0.05, 0) is 88.0 Å². The van der Waals surface area contributed by atoms with Crippen molar-refractivity contribution in [2.75, 3.05) is 0 Å². The molecule has 0 fully saturated rings. The van der Waals surface area contributed by atoms with Crippen LogP contribution >= 0.6 is 0 Å². The Hall–Kier alpha value is -2.15. The Balaban J connectivity index is 1.92. The van der Waals surface area contributed by atoms with E-state index < -0.39 is 0 Å². The first-order valence-corrected chi connectivity index (χ1v) is 11.8. The normalized spacial score (nSPS) is 17.5. The van der Waals surface area contributed by atoms with Gasteiger partial charge in [0.1, 0.15) is 0 Å². The summed E-state index contributed by atoms with van der Waals surface area (Å²) in [7, 11) is 0. The summed E-state index contributed by atoms with van der Waals surface area (Å²) in [6.45, 7) is 23.0. The molecule has 2 aromatic rings. The van der Waals surface area contributed by atoms with Gasteiger partial charge in [-0.2, -0.15) is 0 Å². The number of hydrogen-bond donors (Lipinski definition) is 0. The molecule has 1 heteroatoms. The maximum atomic E-state index is 4.82. The summed E-state index contributed by atoms with van der Waals surface area (Å²) in [5, 5.41) is 0. The molecule has 0 aliphatic heterocycles. The van der Waals surface area contributed by atoms with Crippen molar-refractivity contribution in [3.05, 3.63) is 77.1 Å². The zero-order valence-electron chi connectivity index (χ0n) is 21.0. The van der Waals surface area contributed by atoms with Crippen LogP contribution in [0.2, 0.25) is 0 Å². The molecule has 0 bridgehead atoms. The molecule has 166 valence electrons. The molecule has 3 rings (SSSR count). The Labute approximate surface area is 190 Å². The van der Waals surface area contributed by atoms with Crippen LogP contribution in [-0.4, -0.2) is 4.98 Å². The highest BCUT2D eigenvalue weighted by atomic mass is 14.7. The molecule has 0 amide bonds. The van der Waals surface area contributed by atoms with Gasteiger partial charge in [0.2, 0.25) is 0 Å². The molecular formula is C30H41N. The second-order valence-electron chi connectivity index (χ2n) is 11.7. The molecular weight excluding hydrogens is 374 g/mol.